The van der Waals surface area contributed by atoms with E-state index < -0.39 is 58.2 Å². The van der Waals surface area contributed by atoms with E-state index in [2.05, 4.69) is 0 Å². The van der Waals surface area contributed by atoms with Gasteiger partial charge in [0.1, 0.15) is 17.5 Å². The second kappa shape index (κ2) is 7.28. The van der Waals surface area contributed by atoms with Crippen LogP contribution >= 0.6 is 0 Å². The zero-order valence-corrected chi connectivity index (χ0v) is 17.9. The average Bonchev–Trinajstić information content (AvgIpc) is 2.76. The minimum Gasteiger partial charge on any atom is -0.507 e. The molecule has 2 fully saturated rings. The molecule has 168 valence electrons. The fourth-order valence-corrected chi connectivity index (χ4v) is 5.98. The lowest BCUT2D eigenvalue weighted by Crippen LogP contribution is -2.67. The number of Topliss-reactive ketones (excluding diaryl/α,β-unsaturated/α-hetero) is 5. The molecule has 5 unspecified atom stereocenters. The molecular formula is C26H22O7. The largest absolute Gasteiger partial charge is 0.507 e. The highest BCUT2D eigenvalue weighted by molar-refractivity contribution is 6.31. The van der Waals surface area contributed by atoms with Crippen molar-refractivity contribution in [1.82, 2.24) is 0 Å². The molecule has 5 rings (SSSR count). The average molecular weight is 446 g/mol. The van der Waals surface area contributed by atoms with Gasteiger partial charge in [0, 0.05) is 12.3 Å². The number of carbonyl (C=O) groups is 5. The first-order chi connectivity index (χ1) is 15.7. The number of hydrogen-bond acceptors (Lipinski definition) is 7. The van der Waals surface area contributed by atoms with Crippen LogP contribution in [0.5, 0.6) is 5.75 Å². The Morgan fingerprint density at radius 1 is 0.970 bits per heavy atom. The van der Waals surface area contributed by atoms with Crippen LogP contribution in [0.3, 0.4) is 0 Å². The standard InChI is InChI=1S/C26H22O7/c1-12(27)20-19(29)11-15-9-14-10-17-16(13-5-3-2-4-6-13)7-8-18(28)22(17)23(30)21(14)25(32)26(15,33)24(20)31/h2-8,14-15,20-21,28,33H,9-11H2,1H3. The van der Waals surface area contributed by atoms with E-state index in [1.165, 1.54) is 6.07 Å². The Morgan fingerprint density at radius 2 is 1.67 bits per heavy atom. The molecule has 7 nitrogen and oxygen atoms in total. The maximum Gasteiger partial charge on any atom is 0.190 e. The van der Waals surface area contributed by atoms with Crippen molar-refractivity contribution in [2.75, 3.05) is 0 Å². The smallest absolute Gasteiger partial charge is 0.190 e. The van der Waals surface area contributed by atoms with Crippen molar-refractivity contribution in [2.24, 2.45) is 23.7 Å². The summed E-state index contributed by atoms with van der Waals surface area (Å²) in [6.45, 7) is 1.07. The van der Waals surface area contributed by atoms with Gasteiger partial charge in [-0.25, -0.2) is 0 Å². The van der Waals surface area contributed by atoms with Crippen LogP contribution in [0.1, 0.15) is 35.7 Å². The van der Waals surface area contributed by atoms with Crippen LogP contribution in [-0.2, 0) is 25.6 Å². The summed E-state index contributed by atoms with van der Waals surface area (Å²) < 4.78 is 0. The molecule has 33 heavy (non-hydrogen) atoms. The number of phenols is 1. The molecule has 2 N–H and O–H groups in total. The fraction of sp³-hybridized carbons (Fsp3) is 0.346. The van der Waals surface area contributed by atoms with Crippen LogP contribution in [0.2, 0.25) is 0 Å². The highest BCUT2D eigenvalue weighted by Gasteiger charge is 2.65. The number of ketones is 5. The van der Waals surface area contributed by atoms with Gasteiger partial charge in [-0.15, -0.1) is 0 Å². The van der Waals surface area contributed by atoms with E-state index in [1.54, 1.807) is 6.07 Å². The number of rotatable bonds is 2. The third-order valence-electron chi connectivity index (χ3n) is 7.49. The molecule has 0 aromatic heterocycles. The molecule has 0 aliphatic heterocycles. The predicted octanol–water partition coefficient (Wildman–Crippen LogP) is 2.10. The number of aliphatic hydroxyl groups is 1. The number of aromatic hydroxyl groups is 1. The summed E-state index contributed by atoms with van der Waals surface area (Å²) in [4.78, 5) is 64.4. The lowest BCUT2D eigenvalue weighted by molar-refractivity contribution is -0.175. The number of carbonyl (C=O) groups excluding carboxylic acids is 5. The minimum absolute atomic E-state index is 0.0236. The molecular weight excluding hydrogens is 424 g/mol. The first kappa shape index (κ1) is 21.4. The molecule has 0 amide bonds. The van der Waals surface area contributed by atoms with Crippen LogP contribution in [0.4, 0.5) is 0 Å². The van der Waals surface area contributed by atoms with Crippen molar-refractivity contribution < 1.29 is 34.2 Å². The molecule has 2 aromatic carbocycles. The molecule has 0 spiro atoms. The molecule has 2 aromatic rings. The van der Waals surface area contributed by atoms with Gasteiger partial charge in [0.15, 0.2) is 28.7 Å². The Balaban J connectivity index is 1.62. The van der Waals surface area contributed by atoms with Gasteiger partial charge in [-0.2, -0.15) is 0 Å². The van der Waals surface area contributed by atoms with Crippen LogP contribution < -0.4 is 0 Å². The molecule has 3 aliphatic carbocycles. The summed E-state index contributed by atoms with van der Waals surface area (Å²) in [5, 5.41) is 21.8. The van der Waals surface area contributed by atoms with E-state index in [4.69, 9.17) is 0 Å². The van der Waals surface area contributed by atoms with Crippen LogP contribution in [0.25, 0.3) is 11.1 Å². The molecule has 0 heterocycles. The van der Waals surface area contributed by atoms with Crippen molar-refractivity contribution in [3.63, 3.8) is 0 Å². The van der Waals surface area contributed by atoms with E-state index in [9.17, 15) is 34.2 Å². The normalized spacial score (nSPS) is 31.0. The topological polar surface area (TPSA) is 126 Å². The molecule has 0 saturated heterocycles. The summed E-state index contributed by atoms with van der Waals surface area (Å²) in [5.74, 6) is -8.82. The van der Waals surface area contributed by atoms with Crippen molar-refractivity contribution in [3.8, 4) is 16.9 Å². The Kier molecular flexibility index (Phi) is 4.72. The predicted molar refractivity (Wildman–Crippen MR) is 115 cm³/mol. The third-order valence-corrected chi connectivity index (χ3v) is 7.49. The van der Waals surface area contributed by atoms with E-state index in [0.29, 0.717) is 5.56 Å². The zero-order valence-electron chi connectivity index (χ0n) is 17.9. The molecule has 3 aliphatic rings. The first-order valence-corrected chi connectivity index (χ1v) is 10.9. The van der Waals surface area contributed by atoms with Gasteiger partial charge >= 0.3 is 0 Å². The SMILES string of the molecule is CC(=O)C1C(=O)CC2CC3Cc4c(-c5ccccc5)ccc(O)c4C(=O)C3C(=O)C2(O)C1=O. The number of hydrogen-bond donors (Lipinski definition) is 2. The summed E-state index contributed by atoms with van der Waals surface area (Å²) in [5.41, 5.74) is -0.302. The fourth-order valence-electron chi connectivity index (χ4n) is 5.98. The van der Waals surface area contributed by atoms with Gasteiger partial charge in [0.25, 0.3) is 0 Å². The van der Waals surface area contributed by atoms with Crippen molar-refractivity contribution in [3.05, 3.63) is 53.6 Å². The molecule has 0 radical (unpaired) electrons. The number of fused-ring (bicyclic) bond motifs is 3. The minimum atomic E-state index is -2.55. The van der Waals surface area contributed by atoms with E-state index >= 15 is 0 Å². The van der Waals surface area contributed by atoms with Gasteiger partial charge in [-0.1, -0.05) is 36.4 Å². The van der Waals surface area contributed by atoms with Crippen LogP contribution in [0, 0.1) is 23.7 Å². The second-order valence-corrected chi connectivity index (χ2v) is 9.30. The van der Waals surface area contributed by atoms with Crippen LogP contribution in [0.15, 0.2) is 42.5 Å². The maximum absolute atomic E-state index is 13.5. The molecule has 0 bridgehead atoms. The van der Waals surface area contributed by atoms with Crippen molar-refractivity contribution in [1.29, 1.82) is 0 Å². The summed E-state index contributed by atoms with van der Waals surface area (Å²) in [6.07, 6.45) is 0.124. The lowest BCUT2D eigenvalue weighted by atomic mass is 9.53. The monoisotopic (exact) mass is 446 g/mol. The molecule has 7 heteroatoms. The van der Waals surface area contributed by atoms with Gasteiger partial charge in [-0.3, -0.25) is 24.0 Å². The second-order valence-electron chi connectivity index (χ2n) is 9.30. The van der Waals surface area contributed by atoms with Crippen molar-refractivity contribution >= 4 is 28.9 Å². The Hall–Kier alpha value is -3.45. The van der Waals surface area contributed by atoms with Gasteiger partial charge in [0.2, 0.25) is 0 Å². The van der Waals surface area contributed by atoms with Gasteiger partial charge in [0.05, 0.1) is 11.5 Å². The third kappa shape index (κ3) is 2.88. The van der Waals surface area contributed by atoms with Gasteiger partial charge in [-0.05, 0) is 48.4 Å². The lowest BCUT2D eigenvalue weighted by Gasteiger charge is -2.48. The van der Waals surface area contributed by atoms with E-state index in [1.807, 2.05) is 30.3 Å². The Morgan fingerprint density at radius 3 is 2.33 bits per heavy atom. The number of phenolic OH excluding ortho intramolecular Hbond substituents is 1. The molecule has 2 saturated carbocycles. The quantitative estimate of drug-likeness (QED) is 0.677. The maximum atomic E-state index is 13.5. The molecule has 5 atom stereocenters. The van der Waals surface area contributed by atoms with Crippen molar-refractivity contribution in [2.45, 2.75) is 31.8 Å². The van der Waals surface area contributed by atoms with E-state index in [-0.39, 0.29) is 30.6 Å². The highest BCUT2D eigenvalue weighted by Crippen LogP contribution is 2.51. The Labute approximate surface area is 189 Å². The highest BCUT2D eigenvalue weighted by atomic mass is 16.3. The Bertz CT molecular complexity index is 1240. The van der Waals surface area contributed by atoms with Gasteiger partial charge < -0.3 is 10.2 Å². The van der Waals surface area contributed by atoms with E-state index in [0.717, 1.165) is 18.1 Å². The first-order valence-electron chi connectivity index (χ1n) is 10.9. The zero-order chi connectivity index (χ0) is 23.7. The van der Waals surface area contributed by atoms with Crippen LogP contribution in [-0.4, -0.2) is 44.7 Å². The summed E-state index contributed by atoms with van der Waals surface area (Å²) in [6, 6.07) is 12.5. The number of benzene rings is 2. The summed E-state index contributed by atoms with van der Waals surface area (Å²) in [7, 11) is 0. The summed E-state index contributed by atoms with van der Waals surface area (Å²) >= 11 is 0.